The molecule has 3 N–H and O–H groups in total. The molecule has 0 aliphatic heterocycles. The van der Waals surface area contributed by atoms with Crippen molar-refractivity contribution in [1.82, 2.24) is 5.32 Å². The van der Waals surface area contributed by atoms with Crippen molar-refractivity contribution in [2.24, 2.45) is 0 Å². The van der Waals surface area contributed by atoms with Gasteiger partial charge in [0, 0.05) is 17.1 Å². The summed E-state index contributed by atoms with van der Waals surface area (Å²) < 4.78 is 5.73. The average molecular weight is 420 g/mol. The SMILES string of the molecule is CCCCOc1ccccc1C(=O)NC(=S)Nc1ccc(Nc2ccccc2)cc1. The van der Waals surface area contributed by atoms with Crippen LogP contribution in [-0.2, 0) is 0 Å². The molecule has 3 aromatic rings. The van der Waals surface area contributed by atoms with Gasteiger partial charge in [-0.2, -0.15) is 0 Å². The fourth-order valence-corrected chi connectivity index (χ4v) is 2.97. The van der Waals surface area contributed by atoms with Crippen molar-refractivity contribution in [3.8, 4) is 5.75 Å². The molecule has 3 aromatic carbocycles. The summed E-state index contributed by atoms with van der Waals surface area (Å²) in [5.41, 5.74) is 3.22. The van der Waals surface area contributed by atoms with Gasteiger partial charge >= 0.3 is 0 Å². The minimum Gasteiger partial charge on any atom is -0.493 e. The number of para-hydroxylation sites is 2. The fraction of sp³-hybridized carbons (Fsp3) is 0.167. The summed E-state index contributed by atoms with van der Waals surface area (Å²) in [6.07, 6.45) is 1.97. The first-order valence-electron chi connectivity index (χ1n) is 9.92. The Labute approximate surface area is 182 Å². The second kappa shape index (κ2) is 11.0. The lowest BCUT2D eigenvalue weighted by atomic mass is 10.2. The van der Waals surface area contributed by atoms with Crippen molar-refractivity contribution in [2.75, 3.05) is 17.2 Å². The zero-order valence-electron chi connectivity index (χ0n) is 16.9. The van der Waals surface area contributed by atoms with Gasteiger partial charge in [0.1, 0.15) is 5.75 Å². The third-order valence-electron chi connectivity index (χ3n) is 4.32. The lowest BCUT2D eigenvalue weighted by molar-refractivity contribution is 0.0973. The number of ether oxygens (including phenoxy) is 1. The van der Waals surface area contributed by atoms with E-state index in [1.165, 1.54) is 0 Å². The minimum atomic E-state index is -0.304. The highest BCUT2D eigenvalue weighted by Gasteiger charge is 2.13. The van der Waals surface area contributed by atoms with E-state index in [-0.39, 0.29) is 11.0 Å². The Bertz CT molecular complexity index is 975. The van der Waals surface area contributed by atoms with Crippen LogP contribution in [-0.4, -0.2) is 17.6 Å². The maximum Gasteiger partial charge on any atom is 0.261 e. The number of hydrogen-bond acceptors (Lipinski definition) is 4. The molecule has 1 amide bonds. The molecule has 0 saturated carbocycles. The van der Waals surface area contributed by atoms with E-state index in [0.29, 0.717) is 17.9 Å². The molecule has 0 aliphatic rings. The van der Waals surface area contributed by atoms with Gasteiger partial charge in [0.25, 0.3) is 5.91 Å². The molecule has 5 nitrogen and oxygen atoms in total. The number of rotatable bonds is 8. The Kier molecular flexibility index (Phi) is 7.80. The maximum absolute atomic E-state index is 12.6. The van der Waals surface area contributed by atoms with E-state index in [2.05, 4.69) is 22.9 Å². The summed E-state index contributed by atoms with van der Waals surface area (Å²) in [6.45, 7) is 2.67. The maximum atomic E-state index is 12.6. The molecule has 30 heavy (non-hydrogen) atoms. The molecule has 0 fully saturated rings. The van der Waals surface area contributed by atoms with Crippen LogP contribution in [0.3, 0.4) is 0 Å². The molecule has 0 bridgehead atoms. The molecule has 0 saturated heterocycles. The summed E-state index contributed by atoms with van der Waals surface area (Å²) >= 11 is 5.30. The Morgan fingerprint density at radius 2 is 1.50 bits per heavy atom. The molecule has 0 heterocycles. The van der Waals surface area contributed by atoms with E-state index in [1.54, 1.807) is 18.2 Å². The first-order valence-corrected chi connectivity index (χ1v) is 10.3. The van der Waals surface area contributed by atoms with E-state index in [9.17, 15) is 4.79 Å². The Morgan fingerprint density at radius 1 is 0.867 bits per heavy atom. The summed E-state index contributed by atoms with van der Waals surface area (Å²) in [7, 11) is 0. The van der Waals surface area contributed by atoms with Crippen molar-refractivity contribution in [3.63, 3.8) is 0 Å². The fourth-order valence-electron chi connectivity index (χ4n) is 2.76. The molecule has 0 radical (unpaired) electrons. The predicted octanol–water partition coefficient (Wildman–Crippen LogP) is 5.74. The molecular formula is C24H25N3O2S. The number of unbranched alkanes of at least 4 members (excludes halogenated alkanes) is 1. The number of nitrogens with one attached hydrogen (secondary N) is 3. The standard InChI is InChI=1S/C24H25N3O2S/c1-2-3-17-29-22-12-8-7-11-21(22)23(28)27-24(30)26-20-15-13-19(14-16-20)25-18-9-5-4-6-10-18/h4-16,25H,2-3,17H2,1H3,(H2,26,27,28,30). The third kappa shape index (κ3) is 6.32. The van der Waals surface area contributed by atoms with E-state index in [0.717, 1.165) is 29.9 Å². The third-order valence-corrected chi connectivity index (χ3v) is 4.52. The van der Waals surface area contributed by atoms with Crippen molar-refractivity contribution in [1.29, 1.82) is 0 Å². The van der Waals surface area contributed by atoms with Crippen LogP contribution in [0, 0.1) is 0 Å². The highest BCUT2D eigenvalue weighted by atomic mass is 32.1. The number of hydrogen-bond donors (Lipinski definition) is 3. The van der Waals surface area contributed by atoms with Gasteiger partial charge in [0.15, 0.2) is 5.11 Å². The molecule has 0 aromatic heterocycles. The first-order chi connectivity index (χ1) is 14.7. The van der Waals surface area contributed by atoms with E-state index < -0.39 is 0 Å². The van der Waals surface area contributed by atoms with Gasteiger partial charge in [-0.15, -0.1) is 0 Å². The lowest BCUT2D eigenvalue weighted by Crippen LogP contribution is -2.34. The summed E-state index contributed by atoms with van der Waals surface area (Å²) in [5.74, 6) is 0.254. The molecule has 0 aliphatic carbocycles. The van der Waals surface area contributed by atoms with Crippen molar-refractivity contribution in [2.45, 2.75) is 19.8 Å². The van der Waals surface area contributed by atoms with Gasteiger partial charge in [-0.25, -0.2) is 0 Å². The number of thiocarbonyl (C=S) groups is 1. The normalized spacial score (nSPS) is 10.2. The number of amides is 1. The molecular weight excluding hydrogens is 394 g/mol. The van der Waals surface area contributed by atoms with Gasteiger partial charge in [0.2, 0.25) is 0 Å². The van der Waals surface area contributed by atoms with Crippen molar-refractivity contribution < 1.29 is 9.53 Å². The van der Waals surface area contributed by atoms with Gasteiger partial charge in [-0.1, -0.05) is 43.7 Å². The van der Waals surface area contributed by atoms with Crippen molar-refractivity contribution >= 4 is 40.3 Å². The van der Waals surface area contributed by atoms with Crippen LogP contribution in [0.4, 0.5) is 17.1 Å². The van der Waals surface area contributed by atoms with Crippen molar-refractivity contribution in [3.05, 3.63) is 84.4 Å². The quantitative estimate of drug-likeness (QED) is 0.321. The summed E-state index contributed by atoms with van der Waals surface area (Å²) in [6, 6.07) is 24.8. The highest BCUT2D eigenvalue weighted by molar-refractivity contribution is 7.80. The van der Waals surface area contributed by atoms with Crippen LogP contribution in [0.2, 0.25) is 0 Å². The number of carbonyl (C=O) groups is 1. The minimum absolute atomic E-state index is 0.229. The van der Waals surface area contributed by atoms with Gasteiger partial charge in [0.05, 0.1) is 12.2 Å². The van der Waals surface area contributed by atoms with E-state index in [1.807, 2.05) is 60.7 Å². The number of benzene rings is 3. The zero-order chi connectivity index (χ0) is 21.2. The topological polar surface area (TPSA) is 62.4 Å². The van der Waals surface area contributed by atoms with Crippen LogP contribution in [0.25, 0.3) is 0 Å². The van der Waals surface area contributed by atoms with Crippen LogP contribution in [0.5, 0.6) is 5.75 Å². The van der Waals surface area contributed by atoms with Crippen LogP contribution < -0.4 is 20.7 Å². The van der Waals surface area contributed by atoms with Gasteiger partial charge in [-0.05, 0) is 67.2 Å². The average Bonchev–Trinajstić information content (AvgIpc) is 2.76. The number of carbonyl (C=O) groups excluding carboxylic acids is 1. The van der Waals surface area contributed by atoms with Gasteiger partial charge < -0.3 is 15.4 Å². The van der Waals surface area contributed by atoms with Crippen LogP contribution in [0.1, 0.15) is 30.1 Å². The molecule has 154 valence electrons. The van der Waals surface area contributed by atoms with E-state index in [4.69, 9.17) is 17.0 Å². The second-order valence-electron chi connectivity index (χ2n) is 6.67. The summed E-state index contributed by atoms with van der Waals surface area (Å²) in [4.78, 5) is 12.6. The molecule has 6 heteroatoms. The molecule has 0 atom stereocenters. The smallest absolute Gasteiger partial charge is 0.261 e. The second-order valence-corrected chi connectivity index (χ2v) is 7.08. The Balaban J connectivity index is 1.56. The Hall–Kier alpha value is -3.38. The zero-order valence-corrected chi connectivity index (χ0v) is 17.7. The first kappa shape index (κ1) is 21.3. The van der Waals surface area contributed by atoms with Crippen LogP contribution in [0.15, 0.2) is 78.9 Å². The molecule has 0 unspecified atom stereocenters. The van der Waals surface area contributed by atoms with E-state index >= 15 is 0 Å². The predicted molar refractivity (Wildman–Crippen MR) is 127 cm³/mol. The van der Waals surface area contributed by atoms with Crippen LogP contribution >= 0.6 is 12.2 Å². The molecule has 0 spiro atoms. The monoisotopic (exact) mass is 419 g/mol. The number of anilines is 3. The molecule has 3 rings (SSSR count). The summed E-state index contributed by atoms with van der Waals surface area (Å²) in [5, 5.41) is 9.30. The van der Waals surface area contributed by atoms with Gasteiger partial charge in [-0.3, -0.25) is 10.1 Å². The highest BCUT2D eigenvalue weighted by Crippen LogP contribution is 2.20. The largest absolute Gasteiger partial charge is 0.493 e. The Morgan fingerprint density at radius 3 is 2.23 bits per heavy atom. The lowest BCUT2D eigenvalue weighted by Gasteiger charge is -2.13.